The third-order valence-electron chi connectivity index (χ3n) is 4.21. The molecule has 6 nitrogen and oxygen atoms in total. The fourth-order valence-corrected chi connectivity index (χ4v) is 2.96. The van der Waals surface area contributed by atoms with E-state index in [0.717, 1.165) is 5.56 Å². The van der Waals surface area contributed by atoms with E-state index in [2.05, 4.69) is 10.4 Å². The number of likely N-dealkylation sites (tertiary alicyclic amines) is 1. The first-order chi connectivity index (χ1) is 11.5. The molecule has 24 heavy (non-hydrogen) atoms. The van der Waals surface area contributed by atoms with Gasteiger partial charge in [0, 0.05) is 31.6 Å². The van der Waals surface area contributed by atoms with E-state index >= 15 is 0 Å². The number of hydrogen-bond donors (Lipinski definition) is 1. The molecule has 6 heteroatoms. The lowest BCUT2D eigenvalue weighted by Crippen LogP contribution is -2.28. The quantitative estimate of drug-likeness (QED) is 0.918. The van der Waals surface area contributed by atoms with Crippen molar-refractivity contribution in [2.45, 2.75) is 32.9 Å². The van der Waals surface area contributed by atoms with E-state index in [4.69, 9.17) is 0 Å². The molecule has 0 unspecified atom stereocenters. The van der Waals surface area contributed by atoms with Gasteiger partial charge in [-0.2, -0.15) is 5.10 Å². The predicted octanol–water partition coefficient (Wildman–Crippen LogP) is 2.45. The summed E-state index contributed by atoms with van der Waals surface area (Å²) in [5.74, 6) is 0.248. The molecule has 2 aromatic rings. The van der Waals surface area contributed by atoms with E-state index in [0.29, 0.717) is 18.9 Å². The number of carbonyl (C=O) groups is 2. The molecular weight excluding hydrogens is 304 g/mol. The average molecular weight is 326 g/mol. The zero-order valence-electron chi connectivity index (χ0n) is 14.0. The fraction of sp³-hybridized carbons (Fsp3) is 0.389. The van der Waals surface area contributed by atoms with E-state index in [1.807, 2.05) is 44.2 Å². The number of hydrogen-bond acceptors (Lipinski definition) is 3. The summed E-state index contributed by atoms with van der Waals surface area (Å²) < 4.78 is 1.76. The highest BCUT2D eigenvalue weighted by molar-refractivity contribution is 5.96. The van der Waals surface area contributed by atoms with E-state index in [1.54, 1.807) is 21.8 Å². The summed E-state index contributed by atoms with van der Waals surface area (Å²) in [6, 6.07) is 11.8. The van der Waals surface area contributed by atoms with Crippen LogP contribution in [0.3, 0.4) is 0 Å². The van der Waals surface area contributed by atoms with Gasteiger partial charge in [-0.25, -0.2) is 4.68 Å². The van der Waals surface area contributed by atoms with Gasteiger partial charge < -0.3 is 10.2 Å². The highest BCUT2D eigenvalue weighted by atomic mass is 16.2. The standard InChI is InChI=1S/C18H22N4O2/c1-13(2)22-16(8-9-19-22)20-18(24)15-10-17(23)21(12-15)11-14-6-4-3-5-7-14/h3-9,13,15H,10-12H2,1-2H3,(H,20,24)/t15-/m1/s1. The lowest BCUT2D eigenvalue weighted by atomic mass is 10.1. The number of amides is 2. The smallest absolute Gasteiger partial charge is 0.230 e. The summed E-state index contributed by atoms with van der Waals surface area (Å²) in [5.41, 5.74) is 1.07. The minimum atomic E-state index is -0.322. The maximum Gasteiger partial charge on any atom is 0.230 e. The molecule has 1 aromatic carbocycles. The zero-order valence-corrected chi connectivity index (χ0v) is 14.0. The first-order valence-electron chi connectivity index (χ1n) is 8.20. The van der Waals surface area contributed by atoms with Gasteiger partial charge in [-0.05, 0) is 19.4 Å². The van der Waals surface area contributed by atoms with Crippen LogP contribution in [0.15, 0.2) is 42.6 Å². The maximum atomic E-state index is 12.5. The van der Waals surface area contributed by atoms with Crippen LogP contribution < -0.4 is 5.32 Å². The predicted molar refractivity (Wildman–Crippen MR) is 91.2 cm³/mol. The van der Waals surface area contributed by atoms with Gasteiger partial charge in [0.05, 0.1) is 12.1 Å². The van der Waals surface area contributed by atoms with Crippen LogP contribution in [-0.4, -0.2) is 33.0 Å². The normalized spacial score (nSPS) is 17.5. The number of rotatable bonds is 5. The monoisotopic (exact) mass is 326 g/mol. The lowest BCUT2D eigenvalue weighted by molar-refractivity contribution is -0.128. The molecule has 0 bridgehead atoms. The molecule has 1 fully saturated rings. The Morgan fingerprint density at radius 2 is 2.04 bits per heavy atom. The summed E-state index contributed by atoms with van der Waals surface area (Å²) >= 11 is 0. The Balaban J connectivity index is 1.62. The number of anilines is 1. The van der Waals surface area contributed by atoms with Gasteiger partial charge in [0.2, 0.25) is 11.8 Å². The van der Waals surface area contributed by atoms with Crippen molar-refractivity contribution in [2.24, 2.45) is 5.92 Å². The third kappa shape index (κ3) is 3.48. The Kier molecular flexibility index (Phi) is 4.64. The summed E-state index contributed by atoms with van der Waals surface area (Å²) in [6.07, 6.45) is 1.92. The van der Waals surface area contributed by atoms with Crippen molar-refractivity contribution < 1.29 is 9.59 Å². The minimum Gasteiger partial charge on any atom is -0.338 e. The lowest BCUT2D eigenvalue weighted by Gasteiger charge is -2.17. The van der Waals surface area contributed by atoms with Gasteiger partial charge in [0.25, 0.3) is 0 Å². The van der Waals surface area contributed by atoms with Gasteiger partial charge in [0.1, 0.15) is 5.82 Å². The topological polar surface area (TPSA) is 67.2 Å². The molecule has 1 atom stereocenters. The molecule has 1 aliphatic rings. The van der Waals surface area contributed by atoms with E-state index in [-0.39, 0.29) is 30.2 Å². The third-order valence-corrected chi connectivity index (χ3v) is 4.21. The molecule has 1 saturated heterocycles. The van der Waals surface area contributed by atoms with Gasteiger partial charge in [-0.15, -0.1) is 0 Å². The Bertz CT molecular complexity index is 724. The highest BCUT2D eigenvalue weighted by Crippen LogP contribution is 2.22. The summed E-state index contributed by atoms with van der Waals surface area (Å²) in [4.78, 5) is 26.4. The second-order valence-corrected chi connectivity index (χ2v) is 6.40. The van der Waals surface area contributed by atoms with E-state index in [1.165, 1.54) is 0 Å². The Hall–Kier alpha value is -2.63. The van der Waals surface area contributed by atoms with Crippen LogP contribution in [0.25, 0.3) is 0 Å². The highest BCUT2D eigenvalue weighted by Gasteiger charge is 2.34. The summed E-state index contributed by atoms with van der Waals surface area (Å²) in [7, 11) is 0. The van der Waals surface area contributed by atoms with Gasteiger partial charge >= 0.3 is 0 Å². The van der Waals surface area contributed by atoms with Gasteiger partial charge in [-0.1, -0.05) is 30.3 Å². The molecule has 2 amide bonds. The van der Waals surface area contributed by atoms with Gasteiger partial charge in [0.15, 0.2) is 0 Å². The molecule has 2 heterocycles. The van der Waals surface area contributed by atoms with Crippen LogP contribution in [0.4, 0.5) is 5.82 Å². The molecule has 0 saturated carbocycles. The molecule has 1 N–H and O–H groups in total. The Morgan fingerprint density at radius 3 is 2.75 bits per heavy atom. The summed E-state index contributed by atoms with van der Waals surface area (Å²) in [6.45, 7) is 5.01. The number of carbonyl (C=O) groups excluding carboxylic acids is 2. The van der Waals surface area contributed by atoms with E-state index < -0.39 is 0 Å². The largest absolute Gasteiger partial charge is 0.338 e. The number of benzene rings is 1. The van der Waals surface area contributed by atoms with Crippen molar-refractivity contribution in [3.8, 4) is 0 Å². The van der Waals surface area contributed by atoms with Crippen molar-refractivity contribution in [3.63, 3.8) is 0 Å². The van der Waals surface area contributed by atoms with Crippen LogP contribution in [0.2, 0.25) is 0 Å². The van der Waals surface area contributed by atoms with Crippen LogP contribution in [0.1, 0.15) is 31.9 Å². The first-order valence-corrected chi connectivity index (χ1v) is 8.20. The molecule has 0 radical (unpaired) electrons. The maximum absolute atomic E-state index is 12.5. The fourth-order valence-electron chi connectivity index (χ4n) is 2.96. The van der Waals surface area contributed by atoms with Crippen molar-refractivity contribution in [3.05, 3.63) is 48.2 Å². The number of nitrogens with zero attached hydrogens (tertiary/aromatic N) is 3. The molecule has 3 rings (SSSR count). The second kappa shape index (κ2) is 6.86. The SMILES string of the molecule is CC(C)n1nccc1NC(=O)[C@@H]1CC(=O)N(Cc2ccccc2)C1. The molecule has 126 valence electrons. The van der Waals surface area contributed by atoms with Crippen LogP contribution in [-0.2, 0) is 16.1 Å². The molecule has 0 spiro atoms. The Labute approximate surface area is 141 Å². The molecule has 1 aliphatic heterocycles. The number of aromatic nitrogens is 2. The first kappa shape index (κ1) is 16.2. The minimum absolute atomic E-state index is 0.0244. The van der Waals surface area contributed by atoms with Crippen LogP contribution in [0.5, 0.6) is 0 Å². The van der Waals surface area contributed by atoms with Crippen molar-refractivity contribution in [1.82, 2.24) is 14.7 Å². The molecule has 0 aliphatic carbocycles. The zero-order chi connectivity index (χ0) is 17.1. The Morgan fingerprint density at radius 1 is 1.29 bits per heavy atom. The number of nitrogens with one attached hydrogen (secondary N) is 1. The van der Waals surface area contributed by atoms with Crippen LogP contribution >= 0.6 is 0 Å². The molecular formula is C18H22N4O2. The average Bonchev–Trinajstić information content (AvgIpc) is 3.16. The van der Waals surface area contributed by atoms with Crippen LogP contribution in [0, 0.1) is 5.92 Å². The van der Waals surface area contributed by atoms with E-state index in [9.17, 15) is 9.59 Å². The van der Waals surface area contributed by atoms with Crippen molar-refractivity contribution in [1.29, 1.82) is 0 Å². The second-order valence-electron chi connectivity index (χ2n) is 6.40. The molecule has 1 aromatic heterocycles. The van der Waals surface area contributed by atoms with Crippen molar-refractivity contribution >= 4 is 17.6 Å². The summed E-state index contributed by atoms with van der Waals surface area (Å²) in [5, 5.41) is 7.11. The van der Waals surface area contributed by atoms with Crippen molar-refractivity contribution in [2.75, 3.05) is 11.9 Å². The van der Waals surface area contributed by atoms with Gasteiger partial charge in [-0.3, -0.25) is 9.59 Å².